The third kappa shape index (κ3) is 2.82. The van der Waals surface area contributed by atoms with Crippen molar-refractivity contribution in [2.45, 2.75) is 33.2 Å². The van der Waals surface area contributed by atoms with Crippen LogP contribution in [-0.2, 0) is 13.0 Å². The highest BCUT2D eigenvalue weighted by Gasteiger charge is 2.25. The zero-order valence-corrected chi connectivity index (χ0v) is 15.9. The number of carbonyl (C=O) groups excluding carboxylic acids is 2. The first-order valence-electron chi connectivity index (χ1n) is 9.68. The number of hydrogen-bond acceptors (Lipinski definition) is 3. The molecule has 0 atom stereocenters. The molecule has 0 bridgehead atoms. The zero-order valence-electron chi connectivity index (χ0n) is 15.9. The first-order valence-corrected chi connectivity index (χ1v) is 9.68. The summed E-state index contributed by atoms with van der Waals surface area (Å²) in [6.07, 6.45) is 1.33. The predicted molar refractivity (Wildman–Crippen MR) is 108 cm³/mol. The smallest absolute Gasteiger partial charge is 0.248 e. The van der Waals surface area contributed by atoms with Crippen LogP contribution in [0.2, 0.25) is 0 Å². The number of rotatable bonds is 6. The van der Waals surface area contributed by atoms with E-state index in [0.717, 1.165) is 65.5 Å². The molecule has 0 fully saturated rings. The van der Waals surface area contributed by atoms with Gasteiger partial charge in [0.05, 0.1) is 0 Å². The van der Waals surface area contributed by atoms with Gasteiger partial charge in [0.2, 0.25) is 5.91 Å². The van der Waals surface area contributed by atoms with Crippen LogP contribution in [0.5, 0.6) is 0 Å². The Morgan fingerprint density at radius 2 is 1.85 bits per heavy atom. The number of benzene rings is 2. The average molecular weight is 363 g/mol. The summed E-state index contributed by atoms with van der Waals surface area (Å²) in [6.45, 7) is 8.20. The quantitative estimate of drug-likeness (QED) is 0.730. The number of hydrogen-bond donors (Lipinski definition) is 1. The van der Waals surface area contributed by atoms with E-state index in [1.54, 1.807) is 6.07 Å². The number of Topliss-reactive ketones (excluding diaryl/α,β-unsaturated/α-hetero) is 1. The van der Waals surface area contributed by atoms with Crippen molar-refractivity contribution >= 4 is 33.5 Å². The standard InChI is InChI=1S/C22H25N3O2/c1-3-24(4-2)11-12-25-18-8-5-14(22(23)27)13-17(18)21-16-7-10-20(26)15(16)6-9-19(21)25/h5-6,8-9,13H,3-4,7,10-12H2,1-2H3,(H2,23,27). The van der Waals surface area contributed by atoms with E-state index >= 15 is 0 Å². The largest absolute Gasteiger partial charge is 0.366 e. The van der Waals surface area contributed by atoms with Crippen LogP contribution in [0.3, 0.4) is 0 Å². The molecule has 1 heterocycles. The van der Waals surface area contributed by atoms with Gasteiger partial charge in [-0.15, -0.1) is 0 Å². The van der Waals surface area contributed by atoms with Gasteiger partial charge in [0.25, 0.3) is 0 Å². The van der Waals surface area contributed by atoms with Crippen molar-refractivity contribution in [1.82, 2.24) is 9.47 Å². The fourth-order valence-electron chi connectivity index (χ4n) is 4.33. The van der Waals surface area contributed by atoms with Crippen molar-refractivity contribution in [3.8, 4) is 0 Å². The van der Waals surface area contributed by atoms with E-state index < -0.39 is 5.91 Å². The Hall–Kier alpha value is -2.66. The summed E-state index contributed by atoms with van der Waals surface area (Å²) in [5.41, 5.74) is 10.2. The second-order valence-electron chi connectivity index (χ2n) is 7.18. The third-order valence-electron chi connectivity index (χ3n) is 5.86. The van der Waals surface area contributed by atoms with E-state index in [0.29, 0.717) is 12.0 Å². The van der Waals surface area contributed by atoms with Gasteiger partial charge in [-0.2, -0.15) is 0 Å². The minimum absolute atomic E-state index is 0.210. The fourth-order valence-corrected chi connectivity index (χ4v) is 4.33. The van der Waals surface area contributed by atoms with E-state index in [-0.39, 0.29) is 5.78 Å². The van der Waals surface area contributed by atoms with E-state index in [1.165, 1.54) is 0 Å². The van der Waals surface area contributed by atoms with Gasteiger partial charge in [0, 0.05) is 52.4 Å². The van der Waals surface area contributed by atoms with Gasteiger partial charge >= 0.3 is 0 Å². The van der Waals surface area contributed by atoms with Crippen molar-refractivity contribution in [1.29, 1.82) is 0 Å². The van der Waals surface area contributed by atoms with Crippen molar-refractivity contribution in [3.05, 3.63) is 47.0 Å². The normalized spacial score (nSPS) is 13.8. The van der Waals surface area contributed by atoms with Crippen LogP contribution < -0.4 is 5.73 Å². The predicted octanol–water partition coefficient (Wildman–Crippen LogP) is 3.36. The molecule has 0 saturated carbocycles. The Morgan fingerprint density at radius 3 is 2.56 bits per heavy atom. The van der Waals surface area contributed by atoms with Crippen LogP contribution in [0, 0.1) is 0 Å². The van der Waals surface area contributed by atoms with Gasteiger partial charge < -0.3 is 15.2 Å². The Bertz CT molecular complexity index is 1060. The SMILES string of the molecule is CCN(CC)CCn1c2ccc(C(N)=O)cc2c2c3c(ccc21)C(=O)CC3. The van der Waals surface area contributed by atoms with Gasteiger partial charge in [-0.25, -0.2) is 0 Å². The maximum Gasteiger partial charge on any atom is 0.248 e. The molecule has 4 rings (SSSR count). The van der Waals surface area contributed by atoms with E-state index in [1.807, 2.05) is 18.2 Å². The lowest BCUT2D eigenvalue weighted by molar-refractivity contribution is 0.0988. The summed E-state index contributed by atoms with van der Waals surface area (Å²) in [5, 5.41) is 2.13. The highest BCUT2D eigenvalue weighted by atomic mass is 16.1. The summed E-state index contributed by atoms with van der Waals surface area (Å²) >= 11 is 0. The molecule has 0 spiro atoms. The number of carbonyl (C=O) groups is 2. The number of nitrogens with two attached hydrogens (primary N) is 1. The number of likely N-dealkylation sites (N-methyl/N-ethyl adjacent to an activating group) is 1. The maximum atomic E-state index is 12.2. The molecule has 3 aromatic rings. The summed E-state index contributed by atoms with van der Waals surface area (Å²) < 4.78 is 2.32. The number of amides is 1. The van der Waals surface area contributed by atoms with Crippen molar-refractivity contribution in [3.63, 3.8) is 0 Å². The Balaban J connectivity index is 1.96. The average Bonchev–Trinajstić information content (AvgIpc) is 3.20. The van der Waals surface area contributed by atoms with Crippen molar-refractivity contribution < 1.29 is 9.59 Å². The second-order valence-corrected chi connectivity index (χ2v) is 7.18. The maximum absolute atomic E-state index is 12.2. The number of ketones is 1. The van der Waals surface area contributed by atoms with E-state index in [2.05, 4.69) is 29.4 Å². The van der Waals surface area contributed by atoms with Crippen LogP contribution in [0.1, 0.15) is 46.5 Å². The number of primary amides is 1. The van der Waals surface area contributed by atoms with Crippen molar-refractivity contribution in [2.24, 2.45) is 5.73 Å². The van der Waals surface area contributed by atoms with Gasteiger partial charge in [0.15, 0.2) is 5.78 Å². The Morgan fingerprint density at radius 1 is 1.11 bits per heavy atom. The molecule has 0 saturated heterocycles. The molecule has 0 unspecified atom stereocenters. The first kappa shape index (κ1) is 17.7. The molecule has 0 aliphatic heterocycles. The molecule has 1 amide bonds. The molecular weight excluding hydrogens is 338 g/mol. The molecule has 1 aliphatic rings. The van der Waals surface area contributed by atoms with Crippen LogP contribution in [0.15, 0.2) is 30.3 Å². The monoisotopic (exact) mass is 363 g/mol. The molecule has 27 heavy (non-hydrogen) atoms. The van der Waals surface area contributed by atoms with Crippen LogP contribution in [0.25, 0.3) is 21.8 Å². The van der Waals surface area contributed by atoms with Crippen LogP contribution >= 0.6 is 0 Å². The number of aryl methyl sites for hydroxylation is 1. The Kier molecular flexibility index (Phi) is 4.48. The molecule has 5 heteroatoms. The summed E-state index contributed by atoms with van der Waals surface area (Å²) in [4.78, 5) is 26.3. The summed E-state index contributed by atoms with van der Waals surface area (Å²) in [5.74, 6) is -0.216. The van der Waals surface area contributed by atoms with Crippen LogP contribution in [0.4, 0.5) is 0 Å². The molecule has 0 radical (unpaired) electrons. The molecular formula is C22H25N3O2. The lowest BCUT2D eigenvalue weighted by Gasteiger charge is -2.19. The molecule has 1 aliphatic carbocycles. The molecule has 2 N–H and O–H groups in total. The fraction of sp³-hybridized carbons (Fsp3) is 0.364. The lowest BCUT2D eigenvalue weighted by Crippen LogP contribution is -2.26. The second kappa shape index (κ2) is 6.82. The molecule has 1 aromatic heterocycles. The van der Waals surface area contributed by atoms with Crippen LogP contribution in [-0.4, -0.2) is 40.8 Å². The topological polar surface area (TPSA) is 68.3 Å². The van der Waals surface area contributed by atoms with Gasteiger partial charge in [0.1, 0.15) is 0 Å². The number of aromatic nitrogens is 1. The Labute approximate surface area is 158 Å². The highest BCUT2D eigenvalue weighted by molar-refractivity contribution is 6.16. The molecule has 5 nitrogen and oxygen atoms in total. The van der Waals surface area contributed by atoms with E-state index in [9.17, 15) is 9.59 Å². The van der Waals surface area contributed by atoms with Crippen molar-refractivity contribution in [2.75, 3.05) is 19.6 Å². The van der Waals surface area contributed by atoms with Gasteiger partial charge in [-0.05, 0) is 55.4 Å². The lowest BCUT2D eigenvalue weighted by atomic mass is 10.0. The number of nitrogens with zero attached hydrogens (tertiary/aromatic N) is 2. The zero-order chi connectivity index (χ0) is 19.1. The van der Waals surface area contributed by atoms with Gasteiger partial charge in [-0.1, -0.05) is 13.8 Å². The minimum Gasteiger partial charge on any atom is -0.366 e. The summed E-state index contributed by atoms with van der Waals surface area (Å²) in [7, 11) is 0. The highest BCUT2D eigenvalue weighted by Crippen LogP contribution is 2.37. The number of fused-ring (bicyclic) bond motifs is 5. The minimum atomic E-state index is -0.426. The molecule has 140 valence electrons. The molecule has 2 aromatic carbocycles. The third-order valence-corrected chi connectivity index (χ3v) is 5.86. The van der Waals surface area contributed by atoms with E-state index in [4.69, 9.17) is 5.73 Å². The summed E-state index contributed by atoms with van der Waals surface area (Å²) in [6, 6.07) is 9.69. The first-order chi connectivity index (χ1) is 13.0. The van der Waals surface area contributed by atoms with Gasteiger partial charge in [-0.3, -0.25) is 9.59 Å².